The predicted molar refractivity (Wildman–Crippen MR) is 24.2 cm³/mol. The van der Waals surface area contributed by atoms with E-state index in [4.69, 9.17) is 0 Å². The second kappa shape index (κ2) is 1.55. The van der Waals surface area contributed by atoms with Crippen molar-refractivity contribution in [3.63, 3.8) is 0 Å². The minimum Gasteiger partial charge on any atom is -0.358 e. The molecule has 3 nitrogen and oxygen atoms in total. The largest absolute Gasteiger partial charge is 0.358 e. The van der Waals surface area contributed by atoms with Crippen LogP contribution >= 0.6 is 0 Å². The highest BCUT2D eigenvalue weighted by Gasteiger charge is 1.79. The molecule has 0 spiro atoms. The molecule has 0 saturated heterocycles. The normalized spacial score (nSPS) is 8.57. The summed E-state index contributed by atoms with van der Waals surface area (Å²) in [5.74, 6) is 0. The summed E-state index contributed by atoms with van der Waals surface area (Å²) in [5, 5.41) is 0. The molecule has 0 unspecified atom stereocenters. The van der Waals surface area contributed by atoms with E-state index >= 15 is 0 Å². The highest BCUT2D eigenvalue weighted by molar-refractivity contribution is 4.61. The van der Waals surface area contributed by atoms with E-state index in [2.05, 4.69) is 4.98 Å². The molecule has 0 atom stereocenters. The molecule has 0 radical (unpaired) electrons. The van der Waals surface area contributed by atoms with Crippen LogP contribution in [0.1, 0.15) is 0 Å². The van der Waals surface area contributed by atoms with E-state index in [0.717, 1.165) is 4.43 Å². The zero-order valence-electron chi connectivity index (χ0n) is 3.66. The maximum atomic E-state index is 10.2. The van der Waals surface area contributed by atoms with Crippen LogP contribution in [-0.2, 0) is 0 Å². The van der Waals surface area contributed by atoms with Gasteiger partial charge in [-0.2, -0.15) is 0 Å². The van der Waals surface area contributed by atoms with Gasteiger partial charge in [-0.05, 0) is 0 Å². The quantitative estimate of drug-likeness (QED) is 0.452. The van der Waals surface area contributed by atoms with Gasteiger partial charge in [0.2, 0.25) is 12.4 Å². The van der Waals surface area contributed by atoms with Crippen molar-refractivity contribution in [2.45, 2.75) is 0 Å². The molecule has 1 N–H and O–H groups in total. The lowest BCUT2D eigenvalue weighted by atomic mass is 10.8. The van der Waals surface area contributed by atoms with E-state index in [0.29, 0.717) is 0 Å². The number of H-pyrrole nitrogens is 1. The SMILES string of the molecule is O=[n+]1cc[nH]cc1. The van der Waals surface area contributed by atoms with Crippen molar-refractivity contribution in [3.05, 3.63) is 29.7 Å². The molecule has 36 valence electrons. The molecule has 0 fully saturated rings. The van der Waals surface area contributed by atoms with Gasteiger partial charge in [-0.15, -0.1) is 0 Å². The van der Waals surface area contributed by atoms with E-state index in [1.165, 1.54) is 12.4 Å². The van der Waals surface area contributed by atoms with Crippen LogP contribution in [0.2, 0.25) is 0 Å². The van der Waals surface area contributed by atoms with Gasteiger partial charge in [0, 0.05) is 4.91 Å². The van der Waals surface area contributed by atoms with Crippen molar-refractivity contribution in [1.29, 1.82) is 0 Å². The molecule has 1 rings (SSSR count). The summed E-state index contributed by atoms with van der Waals surface area (Å²) in [4.78, 5) is 12.9. The summed E-state index contributed by atoms with van der Waals surface area (Å²) in [6, 6.07) is 0. The first-order chi connectivity index (χ1) is 3.39. The van der Waals surface area contributed by atoms with E-state index in [-0.39, 0.29) is 0 Å². The zero-order valence-corrected chi connectivity index (χ0v) is 3.66. The molecular weight excluding hydrogens is 92.1 g/mol. The van der Waals surface area contributed by atoms with Crippen molar-refractivity contribution in [2.75, 3.05) is 0 Å². The average molecular weight is 97.1 g/mol. The molecule has 1 heterocycles. The molecule has 1 aromatic heterocycles. The van der Waals surface area contributed by atoms with Crippen LogP contribution in [0.25, 0.3) is 0 Å². The highest BCUT2D eigenvalue weighted by atomic mass is 16.3. The molecule has 3 heteroatoms. The Hall–Kier alpha value is -1.12. The third kappa shape index (κ3) is 0.855. The zero-order chi connectivity index (χ0) is 5.11. The third-order valence-electron chi connectivity index (χ3n) is 0.635. The molecule has 1 aromatic rings. The lowest BCUT2D eigenvalue weighted by Crippen LogP contribution is -2.09. The molecule has 0 aliphatic rings. The van der Waals surface area contributed by atoms with Crippen molar-refractivity contribution in [1.82, 2.24) is 4.98 Å². The number of hydrogen-bond donors (Lipinski definition) is 1. The summed E-state index contributed by atoms with van der Waals surface area (Å²) >= 11 is 0. The Morgan fingerprint density at radius 1 is 1.29 bits per heavy atom. The Balaban J connectivity index is 3.28. The molecule has 0 aromatic carbocycles. The van der Waals surface area contributed by atoms with E-state index in [1.807, 2.05) is 0 Å². The Labute approximate surface area is 40.2 Å². The number of aromatic nitrogens is 2. The van der Waals surface area contributed by atoms with Gasteiger partial charge in [0.1, 0.15) is 0 Å². The Kier molecular flexibility index (Phi) is 0.898. The summed E-state index contributed by atoms with van der Waals surface area (Å²) in [6.45, 7) is 0. The molecule has 0 aliphatic carbocycles. The minimum atomic E-state index is 0.719. The fourth-order valence-corrected chi connectivity index (χ4v) is 0.338. The maximum absolute atomic E-state index is 10.2. The van der Waals surface area contributed by atoms with Crippen molar-refractivity contribution >= 4 is 0 Å². The maximum Gasteiger partial charge on any atom is 0.243 e. The lowest BCUT2D eigenvalue weighted by molar-refractivity contribution is -0.495. The van der Waals surface area contributed by atoms with Crippen LogP contribution in [0.4, 0.5) is 0 Å². The van der Waals surface area contributed by atoms with Gasteiger partial charge in [-0.1, -0.05) is 0 Å². The standard InChI is InChI=1S/C4H5N2O/c7-6-3-1-5-2-4-6/h1-4H,(H,5,7)/q+1. The monoisotopic (exact) mass is 97.0 g/mol. The Bertz CT molecular complexity index is 175. The van der Waals surface area contributed by atoms with Crippen LogP contribution < -0.4 is 4.43 Å². The van der Waals surface area contributed by atoms with Gasteiger partial charge < -0.3 is 4.98 Å². The first-order valence-electron chi connectivity index (χ1n) is 1.94. The van der Waals surface area contributed by atoms with E-state index < -0.39 is 0 Å². The van der Waals surface area contributed by atoms with Crippen LogP contribution in [-0.4, -0.2) is 4.98 Å². The summed E-state index contributed by atoms with van der Waals surface area (Å²) in [6.07, 6.45) is 5.90. The summed E-state index contributed by atoms with van der Waals surface area (Å²) in [5.41, 5.74) is 0. The Morgan fingerprint density at radius 3 is 2.14 bits per heavy atom. The van der Waals surface area contributed by atoms with Crippen LogP contribution in [0.3, 0.4) is 0 Å². The third-order valence-corrected chi connectivity index (χ3v) is 0.635. The predicted octanol–water partition coefficient (Wildman–Crippen LogP) is -0.0708. The van der Waals surface area contributed by atoms with Crippen molar-refractivity contribution in [2.24, 2.45) is 0 Å². The fraction of sp³-hybridized carbons (Fsp3) is 0. The van der Waals surface area contributed by atoms with Gasteiger partial charge in [-0.25, -0.2) is 0 Å². The molecular formula is C4H5N2O+. The molecule has 0 saturated carbocycles. The molecule has 0 bridgehead atoms. The molecule has 0 amide bonds. The lowest BCUT2D eigenvalue weighted by Gasteiger charge is -1.65. The van der Waals surface area contributed by atoms with Crippen LogP contribution in [0.5, 0.6) is 0 Å². The summed E-state index contributed by atoms with van der Waals surface area (Å²) in [7, 11) is 0. The van der Waals surface area contributed by atoms with E-state index in [9.17, 15) is 4.91 Å². The van der Waals surface area contributed by atoms with Gasteiger partial charge >= 0.3 is 0 Å². The van der Waals surface area contributed by atoms with Gasteiger partial charge in [-0.3, -0.25) is 0 Å². The molecule has 7 heavy (non-hydrogen) atoms. The fourth-order valence-electron chi connectivity index (χ4n) is 0.338. The van der Waals surface area contributed by atoms with Crippen LogP contribution in [0.15, 0.2) is 24.8 Å². The van der Waals surface area contributed by atoms with Crippen molar-refractivity contribution in [3.8, 4) is 0 Å². The number of nitrogens with one attached hydrogen (secondary N) is 1. The van der Waals surface area contributed by atoms with Gasteiger partial charge in [0.05, 0.1) is 16.8 Å². The van der Waals surface area contributed by atoms with Crippen molar-refractivity contribution < 1.29 is 4.43 Å². The molecule has 0 aliphatic heterocycles. The number of nitrogens with zero attached hydrogens (tertiary/aromatic N) is 1. The average Bonchev–Trinajstić information content (AvgIpc) is 1.69. The topological polar surface area (TPSA) is 38.8 Å². The van der Waals surface area contributed by atoms with Gasteiger partial charge in [0.15, 0.2) is 0 Å². The smallest absolute Gasteiger partial charge is 0.243 e. The number of rotatable bonds is 0. The van der Waals surface area contributed by atoms with Gasteiger partial charge in [0.25, 0.3) is 0 Å². The highest BCUT2D eigenvalue weighted by Crippen LogP contribution is 1.60. The van der Waals surface area contributed by atoms with Crippen LogP contribution in [0, 0.1) is 4.91 Å². The second-order valence-electron chi connectivity index (χ2n) is 1.16. The number of hydrogen-bond acceptors (Lipinski definition) is 1. The first kappa shape index (κ1) is 4.05. The number of aromatic amines is 1. The first-order valence-corrected chi connectivity index (χ1v) is 1.94. The second-order valence-corrected chi connectivity index (χ2v) is 1.16. The van der Waals surface area contributed by atoms with E-state index in [1.54, 1.807) is 12.4 Å². The summed E-state index contributed by atoms with van der Waals surface area (Å²) < 4.78 is 0.719. The Morgan fingerprint density at radius 2 is 1.86 bits per heavy atom. The minimum absolute atomic E-state index is 0.719.